The lowest BCUT2D eigenvalue weighted by atomic mass is 10.1. The summed E-state index contributed by atoms with van der Waals surface area (Å²) in [7, 11) is 0. The average molecular weight is 471 g/mol. The Labute approximate surface area is 195 Å². The molecule has 0 amide bonds. The number of nitrogens with zero attached hydrogens (tertiary/aromatic N) is 4. The Bertz CT molecular complexity index is 1220. The lowest BCUT2D eigenvalue weighted by molar-refractivity contribution is 0.684. The number of hydrogen-bond acceptors (Lipinski definition) is 3. The zero-order valence-electron chi connectivity index (χ0n) is 16.7. The molecule has 0 aliphatic carbocycles. The molecule has 9 heteroatoms. The maximum Gasteiger partial charge on any atom is 0.176 e. The van der Waals surface area contributed by atoms with Gasteiger partial charge in [0.25, 0.3) is 0 Å². The molecule has 0 fully saturated rings. The molecule has 0 aliphatic rings. The number of halogens is 2. The van der Waals surface area contributed by atoms with Crippen molar-refractivity contribution in [3.63, 3.8) is 0 Å². The Morgan fingerprint density at radius 1 is 1.00 bits per heavy atom. The van der Waals surface area contributed by atoms with E-state index in [0.29, 0.717) is 34.1 Å². The molecular formula is C22H20Cl2N6S. The molecule has 0 aliphatic heterocycles. The SMILES string of the molecule is Cc1ccccc1Cn1cc(NC(=S)Nc2ccn(Cc3ccc(Cl)c(Cl)c3)n2)cn1. The van der Waals surface area contributed by atoms with Crippen LogP contribution >= 0.6 is 35.4 Å². The first-order chi connectivity index (χ1) is 15.0. The van der Waals surface area contributed by atoms with Crippen LogP contribution in [-0.4, -0.2) is 24.7 Å². The summed E-state index contributed by atoms with van der Waals surface area (Å²) in [4.78, 5) is 0. The van der Waals surface area contributed by atoms with Crippen LogP contribution in [0.2, 0.25) is 10.0 Å². The summed E-state index contributed by atoms with van der Waals surface area (Å²) in [5.74, 6) is 0.643. The molecule has 0 atom stereocenters. The van der Waals surface area contributed by atoms with E-state index in [2.05, 4.69) is 39.9 Å². The zero-order valence-corrected chi connectivity index (χ0v) is 19.0. The summed E-state index contributed by atoms with van der Waals surface area (Å²) in [5.41, 5.74) is 4.28. The number of hydrogen-bond donors (Lipinski definition) is 2. The summed E-state index contributed by atoms with van der Waals surface area (Å²) < 4.78 is 3.67. The first-order valence-corrected chi connectivity index (χ1v) is 10.7. The average Bonchev–Trinajstić information content (AvgIpc) is 3.36. The van der Waals surface area contributed by atoms with Crippen LogP contribution in [-0.2, 0) is 13.1 Å². The summed E-state index contributed by atoms with van der Waals surface area (Å²) in [6.07, 6.45) is 5.53. The standard InChI is InChI=1S/C22H20Cl2N6S/c1-15-4-2-3-5-17(15)13-30-14-18(11-25-30)26-22(31)27-21-8-9-29(28-21)12-16-6-7-19(23)20(24)10-16/h2-11,14H,12-13H2,1H3,(H2,26,27,28,31). The van der Waals surface area contributed by atoms with Gasteiger partial charge in [0, 0.05) is 18.5 Å². The van der Waals surface area contributed by atoms with E-state index in [1.807, 2.05) is 47.4 Å². The van der Waals surface area contributed by atoms with E-state index in [1.165, 1.54) is 11.1 Å². The number of rotatable bonds is 6. The van der Waals surface area contributed by atoms with E-state index < -0.39 is 0 Å². The second-order valence-electron chi connectivity index (χ2n) is 7.08. The summed E-state index contributed by atoms with van der Waals surface area (Å²) in [6.45, 7) is 3.37. The van der Waals surface area contributed by atoms with Gasteiger partial charge in [0.1, 0.15) is 0 Å². The second kappa shape index (κ2) is 9.51. The Morgan fingerprint density at radius 2 is 1.84 bits per heavy atom. The van der Waals surface area contributed by atoms with E-state index in [4.69, 9.17) is 35.4 Å². The van der Waals surface area contributed by atoms with E-state index in [1.54, 1.807) is 16.9 Å². The molecule has 2 heterocycles. The monoisotopic (exact) mass is 470 g/mol. The lowest BCUT2D eigenvalue weighted by Gasteiger charge is -2.07. The highest BCUT2D eigenvalue weighted by atomic mass is 35.5. The van der Waals surface area contributed by atoms with E-state index >= 15 is 0 Å². The second-order valence-corrected chi connectivity index (χ2v) is 8.30. The Kier molecular flexibility index (Phi) is 6.56. The van der Waals surface area contributed by atoms with Gasteiger partial charge in [-0.1, -0.05) is 53.5 Å². The van der Waals surface area contributed by atoms with Crippen molar-refractivity contribution in [2.45, 2.75) is 20.0 Å². The third kappa shape index (κ3) is 5.64. The summed E-state index contributed by atoms with van der Waals surface area (Å²) in [5, 5.41) is 16.6. The van der Waals surface area contributed by atoms with Gasteiger partial charge in [-0.2, -0.15) is 10.2 Å². The number of aryl methyl sites for hydroxylation is 1. The fourth-order valence-corrected chi connectivity index (χ4v) is 3.64. The first-order valence-electron chi connectivity index (χ1n) is 9.58. The Hall–Kier alpha value is -2.87. The third-order valence-electron chi connectivity index (χ3n) is 4.70. The van der Waals surface area contributed by atoms with Crippen molar-refractivity contribution in [1.29, 1.82) is 0 Å². The van der Waals surface area contributed by atoms with Gasteiger partial charge in [0.2, 0.25) is 0 Å². The maximum absolute atomic E-state index is 6.08. The first kappa shape index (κ1) is 21.4. The van der Waals surface area contributed by atoms with Gasteiger partial charge in [-0.05, 0) is 48.0 Å². The Morgan fingerprint density at radius 3 is 2.65 bits per heavy atom. The fourth-order valence-electron chi connectivity index (χ4n) is 3.10. The molecule has 0 bridgehead atoms. The molecule has 31 heavy (non-hydrogen) atoms. The van der Waals surface area contributed by atoms with Gasteiger partial charge in [0.05, 0.1) is 35.0 Å². The number of anilines is 2. The molecule has 2 aromatic heterocycles. The van der Waals surface area contributed by atoms with Crippen LogP contribution < -0.4 is 10.6 Å². The quantitative estimate of drug-likeness (QED) is 0.359. The normalized spacial score (nSPS) is 10.8. The molecule has 4 aromatic rings. The summed E-state index contributed by atoms with van der Waals surface area (Å²) in [6, 6.07) is 15.6. The fraction of sp³-hybridized carbons (Fsp3) is 0.136. The van der Waals surface area contributed by atoms with Gasteiger partial charge < -0.3 is 10.6 Å². The topological polar surface area (TPSA) is 59.7 Å². The van der Waals surface area contributed by atoms with Crippen LogP contribution in [0.5, 0.6) is 0 Å². The number of benzene rings is 2. The van der Waals surface area contributed by atoms with Crippen molar-refractivity contribution >= 4 is 52.0 Å². The lowest BCUT2D eigenvalue weighted by Crippen LogP contribution is -2.19. The molecule has 4 rings (SSSR count). The van der Waals surface area contributed by atoms with Gasteiger partial charge >= 0.3 is 0 Å². The molecule has 158 valence electrons. The van der Waals surface area contributed by atoms with Crippen molar-refractivity contribution in [2.24, 2.45) is 0 Å². The number of nitrogens with one attached hydrogen (secondary N) is 2. The molecule has 0 spiro atoms. The molecule has 0 saturated carbocycles. The van der Waals surface area contributed by atoms with Gasteiger partial charge in [-0.3, -0.25) is 9.36 Å². The highest BCUT2D eigenvalue weighted by Gasteiger charge is 2.07. The minimum absolute atomic E-state index is 0.440. The van der Waals surface area contributed by atoms with Crippen molar-refractivity contribution in [2.75, 3.05) is 10.6 Å². The van der Waals surface area contributed by atoms with Gasteiger partial charge in [-0.15, -0.1) is 0 Å². The van der Waals surface area contributed by atoms with Crippen molar-refractivity contribution in [3.05, 3.63) is 93.9 Å². The number of thiocarbonyl (C=S) groups is 1. The zero-order chi connectivity index (χ0) is 21.8. The predicted octanol–water partition coefficient (Wildman–Crippen LogP) is 5.60. The molecule has 0 radical (unpaired) electrons. The molecule has 2 N–H and O–H groups in total. The maximum atomic E-state index is 6.08. The minimum Gasteiger partial charge on any atom is -0.330 e. The van der Waals surface area contributed by atoms with E-state index in [-0.39, 0.29) is 0 Å². The third-order valence-corrected chi connectivity index (χ3v) is 5.64. The van der Waals surface area contributed by atoms with Gasteiger partial charge in [-0.25, -0.2) is 0 Å². The molecular weight excluding hydrogens is 451 g/mol. The molecule has 2 aromatic carbocycles. The van der Waals surface area contributed by atoms with Crippen LogP contribution in [0.4, 0.5) is 11.5 Å². The Balaban J connectivity index is 1.33. The van der Waals surface area contributed by atoms with Crippen LogP contribution in [0.25, 0.3) is 0 Å². The number of aromatic nitrogens is 4. The minimum atomic E-state index is 0.440. The largest absolute Gasteiger partial charge is 0.330 e. The van der Waals surface area contributed by atoms with Crippen LogP contribution in [0, 0.1) is 6.92 Å². The molecule has 6 nitrogen and oxygen atoms in total. The van der Waals surface area contributed by atoms with Gasteiger partial charge in [0.15, 0.2) is 10.9 Å². The smallest absolute Gasteiger partial charge is 0.176 e. The molecule has 0 saturated heterocycles. The highest BCUT2D eigenvalue weighted by molar-refractivity contribution is 7.80. The summed E-state index contributed by atoms with van der Waals surface area (Å²) >= 11 is 17.5. The van der Waals surface area contributed by atoms with E-state index in [9.17, 15) is 0 Å². The van der Waals surface area contributed by atoms with E-state index in [0.717, 1.165) is 11.3 Å². The highest BCUT2D eigenvalue weighted by Crippen LogP contribution is 2.23. The van der Waals surface area contributed by atoms with Crippen molar-refractivity contribution in [1.82, 2.24) is 19.6 Å². The molecule has 0 unspecified atom stereocenters. The van der Waals surface area contributed by atoms with Crippen LogP contribution in [0.1, 0.15) is 16.7 Å². The van der Waals surface area contributed by atoms with Crippen LogP contribution in [0.3, 0.4) is 0 Å². The van der Waals surface area contributed by atoms with Crippen LogP contribution in [0.15, 0.2) is 67.1 Å². The predicted molar refractivity (Wildman–Crippen MR) is 130 cm³/mol. The van der Waals surface area contributed by atoms with Crippen molar-refractivity contribution in [3.8, 4) is 0 Å². The van der Waals surface area contributed by atoms with Crippen molar-refractivity contribution < 1.29 is 0 Å².